The lowest BCUT2D eigenvalue weighted by Gasteiger charge is -2.14. The molecule has 7 heteroatoms. The zero-order valence-electron chi connectivity index (χ0n) is 13.7. The lowest BCUT2D eigenvalue weighted by molar-refractivity contribution is 0.414. The van der Waals surface area contributed by atoms with Crippen molar-refractivity contribution >= 4 is 15.8 Å². The van der Waals surface area contributed by atoms with Crippen molar-refractivity contribution in [3.8, 4) is 5.75 Å². The highest BCUT2D eigenvalue weighted by molar-refractivity contribution is 7.91. The number of hydrogen-bond donors (Lipinski definition) is 2. The molecule has 0 saturated carbocycles. The van der Waals surface area contributed by atoms with Crippen molar-refractivity contribution in [3.05, 3.63) is 29.8 Å². The van der Waals surface area contributed by atoms with Crippen LogP contribution in [-0.2, 0) is 16.4 Å². The summed E-state index contributed by atoms with van der Waals surface area (Å²) in [5.74, 6) is 2.29. The molecule has 1 saturated heterocycles. The van der Waals surface area contributed by atoms with Crippen molar-refractivity contribution in [2.45, 2.75) is 19.9 Å². The summed E-state index contributed by atoms with van der Waals surface area (Å²) in [5, 5.41) is 6.43. The number of benzene rings is 1. The summed E-state index contributed by atoms with van der Waals surface area (Å²) in [6.07, 6.45) is 0.729. The van der Waals surface area contributed by atoms with Gasteiger partial charge in [0, 0.05) is 13.1 Å². The van der Waals surface area contributed by atoms with Gasteiger partial charge in [0.2, 0.25) is 0 Å². The number of nitrogens with zero attached hydrogens (tertiary/aromatic N) is 1. The van der Waals surface area contributed by atoms with Crippen molar-refractivity contribution < 1.29 is 13.2 Å². The Balaban J connectivity index is 1.88. The summed E-state index contributed by atoms with van der Waals surface area (Å²) in [7, 11) is -1.19. The first-order valence-corrected chi connectivity index (χ1v) is 9.70. The van der Waals surface area contributed by atoms with Gasteiger partial charge >= 0.3 is 0 Å². The first-order valence-electron chi connectivity index (χ1n) is 7.88. The molecule has 1 aromatic rings. The topological polar surface area (TPSA) is 79.8 Å². The maximum absolute atomic E-state index is 11.5. The van der Waals surface area contributed by atoms with Crippen LogP contribution in [0.15, 0.2) is 29.3 Å². The highest BCUT2D eigenvalue weighted by atomic mass is 32.2. The SMILES string of the molecule is CCNC(=NCc1ccc(OC)cc1)NCC1CCS(=O)(=O)C1. The van der Waals surface area contributed by atoms with Crippen LogP contribution in [0.2, 0.25) is 0 Å². The smallest absolute Gasteiger partial charge is 0.191 e. The summed E-state index contributed by atoms with van der Waals surface area (Å²) in [4.78, 5) is 4.54. The van der Waals surface area contributed by atoms with E-state index in [1.54, 1.807) is 7.11 Å². The van der Waals surface area contributed by atoms with E-state index in [4.69, 9.17) is 4.74 Å². The largest absolute Gasteiger partial charge is 0.497 e. The van der Waals surface area contributed by atoms with Gasteiger partial charge < -0.3 is 15.4 Å². The van der Waals surface area contributed by atoms with Crippen LogP contribution in [0.4, 0.5) is 0 Å². The van der Waals surface area contributed by atoms with Gasteiger partial charge in [0.25, 0.3) is 0 Å². The second-order valence-corrected chi connectivity index (χ2v) is 7.92. The molecule has 0 spiro atoms. The lowest BCUT2D eigenvalue weighted by atomic mass is 10.1. The van der Waals surface area contributed by atoms with Crippen LogP contribution in [0.3, 0.4) is 0 Å². The Kier molecular flexibility index (Phi) is 6.27. The quantitative estimate of drug-likeness (QED) is 0.601. The molecule has 0 aromatic heterocycles. The molecule has 1 aliphatic heterocycles. The minimum Gasteiger partial charge on any atom is -0.497 e. The minimum absolute atomic E-state index is 0.171. The zero-order chi connectivity index (χ0) is 16.7. The standard InChI is InChI=1S/C16H25N3O3S/c1-3-17-16(19-11-14-8-9-23(20,21)12-14)18-10-13-4-6-15(22-2)7-5-13/h4-7,14H,3,8-12H2,1-2H3,(H2,17,18,19). The van der Waals surface area contributed by atoms with E-state index < -0.39 is 9.84 Å². The monoisotopic (exact) mass is 339 g/mol. The highest BCUT2D eigenvalue weighted by Gasteiger charge is 2.27. The summed E-state index contributed by atoms with van der Waals surface area (Å²) in [6, 6.07) is 7.79. The fraction of sp³-hybridized carbons (Fsp3) is 0.562. The van der Waals surface area contributed by atoms with E-state index in [-0.39, 0.29) is 11.7 Å². The maximum Gasteiger partial charge on any atom is 0.191 e. The Morgan fingerprint density at radius 2 is 2.04 bits per heavy atom. The van der Waals surface area contributed by atoms with Gasteiger partial charge in [0.05, 0.1) is 25.2 Å². The van der Waals surface area contributed by atoms with E-state index in [1.165, 1.54) is 0 Å². The molecule has 128 valence electrons. The van der Waals surface area contributed by atoms with E-state index >= 15 is 0 Å². The van der Waals surface area contributed by atoms with Crippen molar-refractivity contribution in [2.24, 2.45) is 10.9 Å². The van der Waals surface area contributed by atoms with Gasteiger partial charge in [0.1, 0.15) is 5.75 Å². The minimum atomic E-state index is -2.83. The van der Waals surface area contributed by atoms with Crippen LogP contribution in [-0.4, -0.2) is 46.1 Å². The normalized spacial score (nSPS) is 20.3. The predicted octanol–water partition coefficient (Wildman–Crippen LogP) is 1.19. The van der Waals surface area contributed by atoms with Gasteiger partial charge in [-0.05, 0) is 37.0 Å². The number of methoxy groups -OCH3 is 1. The molecule has 2 rings (SSSR count). The summed E-state index contributed by atoms with van der Waals surface area (Å²) >= 11 is 0. The fourth-order valence-corrected chi connectivity index (χ4v) is 4.38. The number of aliphatic imine (C=N–C) groups is 1. The highest BCUT2D eigenvalue weighted by Crippen LogP contribution is 2.17. The third-order valence-corrected chi connectivity index (χ3v) is 5.64. The Bertz CT molecular complexity index is 626. The Labute approximate surface area is 138 Å². The number of rotatable bonds is 6. The van der Waals surface area contributed by atoms with E-state index in [1.807, 2.05) is 31.2 Å². The molecular formula is C16H25N3O3S. The van der Waals surface area contributed by atoms with Gasteiger partial charge in [-0.1, -0.05) is 12.1 Å². The lowest BCUT2D eigenvalue weighted by Crippen LogP contribution is -2.40. The van der Waals surface area contributed by atoms with Crippen molar-refractivity contribution in [3.63, 3.8) is 0 Å². The first kappa shape index (κ1) is 17.6. The van der Waals surface area contributed by atoms with Gasteiger partial charge in [-0.15, -0.1) is 0 Å². The second kappa shape index (κ2) is 8.19. The van der Waals surface area contributed by atoms with E-state index in [0.717, 1.165) is 24.3 Å². The first-order chi connectivity index (χ1) is 11.0. The molecule has 6 nitrogen and oxygen atoms in total. The molecule has 1 aromatic carbocycles. The van der Waals surface area contributed by atoms with E-state index in [2.05, 4.69) is 15.6 Å². The molecule has 1 aliphatic rings. The van der Waals surface area contributed by atoms with Crippen molar-refractivity contribution in [1.29, 1.82) is 0 Å². The molecule has 1 heterocycles. The van der Waals surface area contributed by atoms with Gasteiger partial charge in [-0.2, -0.15) is 0 Å². The van der Waals surface area contributed by atoms with Crippen LogP contribution < -0.4 is 15.4 Å². The Hall–Kier alpha value is -1.76. The Morgan fingerprint density at radius 1 is 1.30 bits per heavy atom. The second-order valence-electron chi connectivity index (χ2n) is 5.69. The predicted molar refractivity (Wildman–Crippen MR) is 92.6 cm³/mol. The van der Waals surface area contributed by atoms with Crippen LogP contribution >= 0.6 is 0 Å². The van der Waals surface area contributed by atoms with E-state index in [9.17, 15) is 8.42 Å². The molecule has 1 unspecified atom stereocenters. The molecule has 0 aliphatic carbocycles. The number of guanidine groups is 1. The summed E-state index contributed by atoms with van der Waals surface area (Å²) in [6.45, 7) is 3.96. The molecule has 0 radical (unpaired) electrons. The van der Waals surface area contributed by atoms with Gasteiger partial charge in [-0.25, -0.2) is 13.4 Å². The number of hydrogen-bond acceptors (Lipinski definition) is 4. The average molecular weight is 339 g/mol. The fourth-order valence-electron chi connectivity index (χ4n) is 2.52. The van der Waals surface area contributed by atoms with Gasteiger partial charge in [0.15, 0.2) is 15.8 Å². The molecule has 2 N–H and O–H groups in total. The molecule has 23 heavy (non-hydrogen) atoms. The van der Waals surface area contributed by atoms with Crippen LogP contribution in [0, 0.1) is 5.92 Å². The Morgan fingerprint density at radius 3 is 2.61 bits per heavy atom. The third kappa shape index (κ3) is 5.74. The molecule has 0 bridgehead atoms. The molecule has 0 amide bonds. The molecule has 1 fully saturated rings. The third-order valence-electron chi connectivity index (χ3n) is 3.81. The van der Waals surface area contributed by atoms with Gasteiger partial charge in [-0.3, -0.25) is 0 Å². The van der Waals surface area contributed by atoms with E-state index in [0.29, 0.717) is 24.8 Å². The number of nitrogens with one attached hydrogen (secondary N) is 2. The maximum atomic E-state index is 11.5. The van der Waals surface area contributed by atoms with Crippen LogP contribution in [0.1, 0.15) is 18.9 Å². The molecule has 1 atom stereocenters. The average Bonchev–Trinajstić information content (AvgIpc) is 2.90. The number of ether oxygens (including phenoxy) is 1. The summed E-state index contributed by atoms with van der Waals surface area (Å²) < 4.78 is 28.1. The van der Waals surface area contributed by atoms with Crippen LogP contribution in [0.25, 0.3) is 0 Å². The molecular weight excluding hydrogens is 314 g/mol. The van der Waals surface area contributed by atoms with Crippen molar-refractivity contribution in [1.82, 2.24) is 10.6 Å². The summed E-state index contributed by atoms with van der Waals surface area (Å²) in [5.41, 5.74) is 1.09. The van der Waals surface area contributed by atoms with Crippen LogP contribution in [0.5, 0.6) is 5.75 Å². The van der Waals surface area contributed by atoms with Crippen molar-refractivity contribution in [2.75, 3.05) is 31.7 Å². The number of sulfone groups is 1. The zero-order valence-corrected chi connectivity index (χ0v) is 14.5.